The fraction of sp³-hybridized carbons (Fsp3) is 0.556. The number of carbonyl (C=O) groups is 2. The third-order valence-corrected chi connectivity index (χ3v) is 5.37. The van der Waals surface area contributed by atoms with E-state index in [1.807, 2.05) is 29.2 Å². The van der Waals surface area contributed by atoms with Crippen LogP contribution in [0, 0.1) is 5.41 Å². The molecule has 1 unspecified atom stereocenters. The zero-order valence-corrected chi connectivity index (χ0v) is 13.5. The Bertz CT molecular complexity index is 609. The van der Waals surface area contributed by atoms with Gasteiger partial charge in [-0.2, -0.15) is 0 Å². The van der Waals surface area contributed by atoms with Gasteiger partial charge in [-0.25, -0.2) is 0 Å². The number of hydrogen-bond donors (Lipinski definition) is 1. The highest BCUT2D eigenvalue weighted by atomic mass is 16.5. The number of methoxy groups -OCH3 is 1. The summed E-state index contributed by atoms with van der Waals surface area (Å²) in [6.07, 6.45) is 3.19. The van der Waals surface area contributed by atoms with E-state index >= 15 is 0 Å². The van der Waals surface area contributed by atoms with Gasteiger partial charge in [0.1, 0.15) is 5.75 Å². The summed E-state index contributed by atoms with van der Waals surface area (Å²) in [7, 11) is 1.66. The van der Waals surface area contributed by atoms with Crippen LogP contribution in [0.1, 0.15) is 43.6 Å². The molecule has 2 aliphatic rings. The average Bonchev–Trinajstić information content (AvgIpc) is 3.00. The number of amides is 1. The SMILES string of the molecule is COc1ccccc1C1CCN(C(=O)CC2(C(=O)O)CCC2)C1. The topological polar surface area (TPSA) is 66.8 Å². The van der Waals surface area contributed by atoms with E-state index in [2.05, 4.69) is 0 Å². The molecule has 1 amide bonds. The third-order valence-electron chi connectivity index (χ3n) is 5.37. The Morgan fingerprint density at radius 3 is 2.70 bits per heavy atom. The summed E-state index contributed by atoms with van der Waals surface area (Å²) >= 11 is 0. The number of aliphatic carboxylic acids is 1. The Kier molecular flexibility index (Phi) is 4.28. The summed E-state index contributed by atoms with van der Waals surface area (Å²) < 4.78 is 5.41. The summed E-state index contributed by atoms with van der Waals surface area (Å²) in [6, 6.07) is 7.90. The maximum atomic E-state index is 12.5. The lowest BCUT2D eigenvalue weighted by molar-refractivity contribution is -0.159. The van der Waals surface area contributed by atoms with Crippen molar-refractivity contribution in [1.82, 2.24) is 4.90 Å². The molecule has 0 bridgehead atoms. The van der Waals surface area contributed by atoms with Crippen molar-refractivity contribution in [1.29, 1.82) is 0 Å². The second kappa shape index (κ2) is 6.22. The van der Waals surface area contributed by atoms with Crippen LogP contribution in [0.5, 0.6) is 5.75 Å². The Hall–Kier alpha value is -2.04. The molecule has 1 aromatic rings. The van der Waals surface area contributed by atoms with Gasteiger partial charge in [0.2, 0.25) is 5.91 Å². The van der Waals surface area contributed by atoms with Crippen molar-refractivity contribution in [2.24, 2.45) is 5.41 Å². The number of carboxylic acids is 1. The Morgan fingerprint density at radius 1 is 1.35 bits per heavy atom. The first kappa shape index (κ1) is 15.8. The number of carboxylic acid groups (broad SMARTS) is 1. The summed E-state index contributed by atoms with van der Waals surface area (Å²) in [5.74, 6) is 0.271. The van der Waals surface area contributed by atoms with E-state index in [0.29, 0.717) is 25.9 Å². The number of carbonyl (C=O) groups excluding carboxylic acids is 1. The summed E-state index contributed by atoms with van der Waals surface area (Å²) in [5, 5.41) is 9.39. The lowest BCUT2D eigenvalue weighted by Gasteiger charge is -2.38. The lowest BCUT2D eigenvalue weighted by Crippen LogP contribution is -2.43. The van der Waals surface area contributed by atoms with Gasteiger partial charge in [-0.15, -0.1) is 0 Å². The van der Waals surface area contributed by atoms with E-state index in [1.54, 1.807) is 7.11 Å². The molecule has 23 heavy (non-hydrogen) atoms. The number of benzene rings is 1. The molecule has 124 valence electrons. The van der Waals surface area contributed by atoms with Gasteiger partial charge in [-0.1, -0.05) is 24.6 Å². The number of para-hydroxylation sites is 1. The van der Waals surface area contributed by atoms with E-state index < -0.39 is 11.4 Å². The maximum absolute atomic E-state index is 12.5. The Labute approximate surface area is 136 Å². The Morgan fingerprint density at radius 2 is 2.09 bits per heavy atom. The number of nitrogens with zero attached hydrogens (tertiary/aromatic N) is 1. The van der Waals surface area contributed by atoms with Gasteiger partial charge in [0.25, 0.3) is 0 Å². The predicted octanol–water partition coefficient (Wildman–Crippen LogP) is 2.66. The smallest absolute Gasteiger partial charge is 0.310 e. The summed E-state index contributed by atoms with van der Waals surface area (Å²) in [4.78, 5) is 25.8. The fourth-order valence-electron chi connectivity index (χ4n) is 3.72. The zero-order chi connectivity index (χ0) is 16.4. The highest BCUT2D eigenvalue weighted by Crippen LogP contribution is 2.45. The number of hydrogen-bond acceptors (Lipinski definition) is 3. The molecule has 1 saturated heterocycles. The van der Waals surface area contributed by atoms with Crippen molar-refractivity contribution in [3.63, 3.8) is 0 Å². The predicted molar refractivity (Wildman–Crippen MR) is 85.5 cm³/mol. The van der Waals surface area contributed by atoms with Gasteiger partial charge in [0.05, 0.1) is 12.5 Å². The number of rotatable bonds is 5. The molecule has 0 spiro atoms. The lowest BCUT2D eigenvalue weighted by atomic mass is 9.66. The molecule has 0 aromatic heterocycles. The highest BCUT2D eigenvalue weighted by molar-refractivity contribution is 5.86. The van der Waals surface area contributed by atoms with E-state index in [-0.39, 0.29) is 18.2 Å². The van der Waals surface area contributed by atoms with Gasteiger partial charge in [-0.3, -0.25) is 9.59 Å². The second-order valence-electron chi connectivity index (χ2n) is 6.68. The molecule has 1 atom stereocenters. The van der Waals surface area contributed by atoms with Crippen molar-refractivity contribution in [2.75, 3.05) is 20.2 Å². The summed E-state index contributed by atoms with van der Waals surface area (Å²) in [5.41, 5.74) is 0.321. The molecule has 1 aliphatic heterocycles. The molecule has 1 aromatic carbocycles. The quantitative estimate of drug-likeness (QED) is 0.906. The number of ether oxygens (including phenoxy) is 1. The minimum atomic E-state index is -0.822. The number of likely N-dealkylation sites (tertiary alicyclic amines) is 1. The van der Waals surface area contributed by atoms with Crippen molar-refractivity contribution in [3.05, 3.63) is 29.8 Å². The zero-order valence-electron chi connectivity index (χ0n) is 13.5. The molecule has 5 heteroatoms. The van der Waals surface area contributed by atoms with Crippen molar-refractivity contribution < 1.29 is 19.4 Å². The van der Waals surface area contributed by atoms with E-state index in [4.69, 9.17) is 4.74 Å². The molecule has 1 saturated carbocycles. The van der Waals surface area contributed by atoms with E-state index in [9.17, 15) is 14.7 Å². The standard InChI is InChI=1S/C18H23NO4/c1-23-15-6-3-2-5-14(15)13-7-10-19(12-13)16(20)11-18(17(21)22)8-4-9-18/h2-3,5-6,13H,4,7-12H2,1H3,(H,21,22). The molecule has 5 nitrogen and oxygen atoms in total. The molecule has 2 fully saturated rings. The van der Waals surface area contributed by atoms with Crippen LogP contribution in [0.15, 0.2) is 24.3 Å². The normalized spacial score (nSPS) is 22.5. The van der Waals surface area contributed by atoms with Crippen LogP contribution < -0.4 is 4.74 Å². The average molecular weight is 317 g/mol. The van der Waals surface area contributed by atoms with Crippen molar-refractivity contribution in [3.8, 4) is 5.75 Å². The first-order chi connectivity index (χ1) is 11.1. The largest absolute Gasteiger partial charge is 0.496 e. The van der Waals surface area contributed by atoms with Crippen LogP contribution in [-0.2, 0) is 9.59 Å². The molecule has 1 aliphatic carbocycles. The third kappa shape index (κ3) is 2.92. The van der Waals surface area contributed by atoms with Gasteiger partial charge < -0.3 is 14.7 Å². The van der Waals surface area contributed by atoms with Gasteiger partial charge in [-0.05, 0) is 30.9 Å². The summed E-state index contributed by atoms with van der Waals surface area (Å²) in [6.45, 7) is 1.34. The van der Waals surface area contributed by atoms with Crippen molar-refractivity contribution in [2.45, 2.75) is 38.0 Å². The van der Waals surface area contributed by atoms with Crippen molar-refractivity contribution >= 4 is 11.9 Å². The van der Waals surface area contributed by atoms with E-state index in [0.717, 1.165) is 24.2 Å². The monoisotopic (exact) mass is 317 g/mol. The van der Waals surface area contributed by atoms with Crippen LogP contribution in [-0.4, -0.2) is 42.1 Å². The molecular weight excluding hydrogens is 294 g/mol. The van der Waals surface area contributed by atoms with Crippen LogP contribution in [0.25, 0.3) is 0 Å². The van der Waals surface area contributed by atoms with Gasteiger partial charge in [0.15, 0.2) is 0 Å². The minimum Gasteiger partial charge on any atom is -0.496 e. The maximum Gasteiger partial charge on any atom is 0.310 e. The molecule has 1 N–H and O–H groups in total. The minimum absolute atomic E-state index is 0.0236. The van der Waals surface area contributed by atoms with Gasteiger partial charge >= 0.3 is 5.97 Å². The first-order valence-electron chi connectivity index (χ1n) is 8.20. The molecule has 1 heterocycles. The van der Waals surface area contributed by atoms with Crippen LogP contribution in [0.2, 0.25) is 0 Å². The van der Waals surface area contributed by atoms with E-state index in [1.165, 1.54) is 0 Å². The fourth-order valence-corrected chi connectivity index (χ4v) is 3.72. The highest BCUT2D eigenvalue weighted by Gasteiger charge is 2.47. The van der Waals surface area contributed by atoms with Gasteiger partial charge in [0, 0.05) is 25.4 Å². The van der Waals surface area contributed by atoms with Crippen LogP contribution in [0.4, 0.5) is 0 Å². The first-order valence-corrected chi connectivity index (χ1v) is 8.20. The van der Waals surface area contributed by atoms with Crippen LogP contribution >= 0.6 is 0 Å². The second-order valence-corrected chi connectivity index (χ2v) is 6.68. The Balaban J connectivity index is 1.65. The van der Waals surface area contributed by atoms with Crippen LogP contribution in [0.3, 0.4) is 0 Å². The molecule has 3 rings (SSSR count). The molecular formula is C18H23NO4. The molecule has 0 radical (unpaired) electrons.